The van der Waals surface area contributed by atoms with Gasteiger partial charge in [-0.1, -0.05) is 41.9 Å². The molecule has 0 aliphatic rings. The Hall–Kier alpha value is -2.96. The minimum Gasteiger partial charge on any atom is -0.350 e. The third-order valence-corrected chi connectivity index (χ3v) is 4.78. The van der Waals surface area contributed by atoms with Gasteiger partial charge in [0, 0.05) is 33.1 Å². The van der Waals surface area contributed by atoms with Crippen LogP contribution in [0.5, 0.6) is 0 Å². The fraction of sp³-hybridized carbons (Fsp3) is 0. The van der Waals surface area contributed by atoms with Crippen molar-refractivity contribution in [1.29, 1.82) is 0 Å². The number of para-hydroxylation sites is 1. The Labute approximate surface area is 158 Å². The maximum Gasteiger partial charge on any atom is 0.288 e. The average Bonchev–Trinajstić information content (AvgIpc) is 3.29. The Balaban J connectivity index is 1.74. The predicted molar refractivity (Wildman–Crippen MR) is 106 cm³/mol. The topological polar surface area (TPSA) is 70.1 Å². The summed E-state index contributed by atoms with van der Waals surface area (Å²) < 4.78 is 0. The number of carbonyl (C=O) groups is 1. The number of fused-ring (bicyclic) bond motifs is 1. The van der Waals surface area contributed by atoms with Gasteiger partial charge in [-0.05, 0) is 23.8 Å². The van der Waals surface area contributed by atoms with E-state index < -0.39 is 0 Å². The van der Waals surface area contributed by atoms with Crippen LogP contribution in [-0.2, 0) is 0 Å². The lowest BCUT2D eigenvalue weighted by Gasteiger charge is -2.05. The van der Waals surface area contributed by atoms with Crippen LogP contribution < -0.4 is 5.43 Å². The number of halogens is 1. The molecule has 4 aromatic rings. The molecule has 4 rings (SSSR count). The Bertz CT molecular complexity index is 1100. The maximum atomic E-state index is 12.7. The fourth-order valence-electron chi connectivity index (χ4n) is 2.76. The van der Waals surface area contributed by atoms with E-state index in [1.165, 1.54) is 17.6 Å². The van der Waals surface area contributed by atoms with Gasteiger partial charge in [-0.15, -0.1) is 11.3 Å². The number of carbonyl (C=O) groups excluding carboxylic acids is 1. The second kappa shape index (κ2) is 7.11. The molecule has 0 saturated carbocycles. The van der Waals surface area contributed by atoms with Gasteiger partial charge in [-0.2, -0.15) is 5.10 Å². The summed E-state index contributed by atoms with van der Waals surface area (Å²) in [5, 5.41) is 8.11. The lowest BCUT2D eigenvalue weighted by atomic mass is 10.0. The zero-order valence-electron chi connectivity index (χ0n) is 13.4. The first-order valence-corrected chi connectivity index (χ1v) is 9.07. The number of nitrogens with zero attached hydrogens (tertiary/aromatic N) is 2. The smallest absolute Gasteiger partial charge is 0.288 e. The van der Waals surface area contributed by atoms with Gasteiger partial charge in [0.25, 0.3) is 5.91 Å². The molecule has 0 atom stereocenters. The van der Waals surface area contributed by atoms with Crippen LogP contribution in [0.15, 0.2) is 65.2 Å². The summed E-state index contributed by atoms with van der Waals surface area (Å²) in [6.07, 6.45) is 3.20. The van der Waals surface area contributed by atoms with Crippen molar-refractivity contribution in [3.63, 3.8) is 0 Å². The zero-order chi connectivity index (χ0) is 17.9. The molecular weight excluding hydrogens is 368 g/mol. The first kappa shape index (κ1) is 16.5. The molecule has 2 N–H and O–H groups in total. The molecule has 0 unspecified atom stereocenters. The third-order valence-electron chi connectivity index (χ3n) is 3.84. The monoisotopic (exact) mass is 380 g/mol. The highest BCUT2D eigenvalue weighted by atomic mass is 35.5. The zero-order valence-corrected chi connectivity index (χ0v) is 15.0. The molecule has 26 heavy (non-hydrogen) atoms. The van der Waals surface area contributed by atoms with E-state index in [0.717, 1.165) is 27.0 Å². The average molecular weight is 381 g/mol. The molecule has 0 aliphatic heterocycles. The standard InChI is InChI=1S/C19H13ClN4OS/c20-13-5-3-4-12(10-13)17-14-6-1-2-7-15(14)23-18(17)19(25)24-22-11-16-21-8-9-26-16/h1-11,23H,(H,24,25)/b22-11-. The summed E-state index contributed by atoms with van der Waals surface area (Å²) in [5.41, 5.74) is 5.52. The molecule has 0 aliphatic carbocycles. The van der Waals surface area contributed by atoms with Crippen LogP contribution in [0.25, 0.3) is 22.0 Å². The van der Waals surface area contributed by atoms with Crippen molar-refractivity contribution in [3.05, 3.63) is 75.8 Å². The van der Waals surface area contributed by atoms with Gasteiger partial charge in [-0.3, -0.25) is 4.79 Å². The fourth-order valence-corrected chi connectivity index (χ4v) is 3.44. The first-order chi connectivity index (χ1) is 12.7. The minimum absolute atomic E-state index is 0.330. The van der Waals surface area contributed by atoms with Gasteiger partial charge < -0.3 is 4.98 Å². The molecule has 0 fully saturated rings. The Morgan fingerprint density at radius 1 is 1.23 bits per heavy atom. The molecule has 7 heteroatoms. The van der Waals surface area contributed by atoms with Gasteiger partial charge in [0.05, 0.1) is 6.21 Å². The quantitative estimate of drug-likeness (QED) is 0.397. The molecule has 2 aromatic heterocycles. The maximum absolute atomic E-state index is 12.7. The molecule has 0 radical (unpaired) electrons. The molecular formula is C19H13ClN4OS. The van der Waals surface area contributed by atoms with Crippen LogP contribution in [0, 0.1) is 0 Å². The Morgan fingerprint density at radius 3 is 2.92 bits per heavy atom. The number of benzene rings is 2. The van der Waals surface area contributed by atoms with Crippen molar-refractivity contribution in [3.8, 4) is 11.1 Å². The number of thiazole rings is 1. The number of rotatable bonds is 4. The Morgan fingerprint density at radius 2 is 2.12 bits per heavy atom. The summed E-state index contributed by atoms with van der Waals surface area (Å²) in [6.45, 7) is 0. The van der Waals surface area contributed by atoms with Crippen LogP contribution >= 0.6 is 22.9 Å². The Kier molecular flexibility index (Phi) is 4.51. The van der Waals surface area contributed by atoms with E-state index in [1.54, 1.807) is 12.3 Å². The SMILES string of the molecule is O=C(N/N=C\c1nccs1)c1[nH]c2ccccc2c1-c1cccc(Cl)c1. The third kappa shape index (κ3) is 3.24. The predicted octanol–water partition coefficient (Wildman–Crippen LogP) is 4.71. The highest BCUT2D eigenvalue weighted by Gasteiger charge is 2.19. The van der Waals surface area contributed by atoms with E-state index in [1.807, 2.05) is 47.8 Å². The second-order valence-corrected chi connectivity index (χ2v) is 6.86. The molecule has 1 amide bonds. The number of hydrazone groups is 1. The number of nitrogens with one attached hydrogen (secondary N) is 2. The van der Waals surface area contributed by atoms with E-state index in [4.69, 9.17) is 11.6 Å². The van der Waals surface area contributed by atoms with Crippen LogP contribution in [0.3, 0.4) is 0 Å². The largest absolute Gasteiger partial charge is 0.350 e. The highest BCUT2D eigenvalue weighted by molar-refractivity contribution is 7.11. The van der Waals surface area contributed by atoms with Crippen molar-refractivity contribution in [2.75, 3.05) is 0 Å². The lowest BCUT2D eigenvalue weighted by molar-refractivity contribution is 0.0951. The molecule has 2 heterocycles. The number of aromatic amines is 1. The van der Waals surface area contributed by atoms with Crippen LogP contribution in [-0.4, -0.2) is 22.1 Å². The summed E-state index contributed by atoms with van der Waals surface area (Å²) in [5.74, 6) is -0.330. The van der Waals surface area contributed by atoms with Crippen molar-refractivity contribution >= 4 is 46.0 Å². The number of aromatic nitrogens is 2. The molecule has 0 saturated heterocycles. The van der Waals surface area contributed by atoms with Crippen LogP contribution in [0.1, 0.15) is 15.5 Å². The second-order valence-electron chi connectivity index (χ2n) is 5.50. The van der Waals surface area contributed by atoms with E-state index in [-0.39, 0.29) is 5.91 Å². The molecule has 5 nitrogen and oxygen atoms in total. The van der Waals surface area contributed by atoms with Crippen molar-refractivity contribution in [2.24, 2.45) is 5.10 Å². The van der Waals surface area contributed by atoms with Crippen molar-refractivity contribution in [2.45, 2.75) is 0 Å². The molecule has 2 aromatic carbocycles. The summed E-state index contributed by atoms with van der Waals surface area (Å²) in [4.78, 5) is 20.0. The van der Waals surface area contributed by atoms with Crippen LogP contribution in [0.2, 0.25) is 5.02 Å². The van der Waals surface area contributed by atoms with Gasteiger partial charge in [0.2, 0.25) is 0 Å². The van der Waals surface area contributed by atoms with E-state index in [2.05, 4.69) is 20.5 Å². The first-order valence-electron chi connectivity index (χ1n) is 7.82. The van der Waals surface area contributed by atoms with Gasteiger partial charge in [-0.25, -0.2) is 10.4 Å². The number of amides is 1. The normalized spacial score (nSPS) is 11.3. The summed E-state index contributed by atoms with van der Waals surface area (Å²) in [7, 11) is 0. The van der Waals surface area contributed by atoms with E-state index >= 15 is 0 Å². The van der Waals surface area contributed by atoms with E-state index in [0.29, 0.717) is 10.7 Å². The minimum atomic E-state index is -0.330. The van der Waals surface area contributed by atoms with Crippen molar-refractivity contribution in [1.82, 2.24) is 15.4 Å². The lowest BCUT2D eigenvalue weighted by Crippen LogP contribution is -2.18. The van der Waals surface area contributed by atoms with Gasteiger partial charge >= 0.3 is 0 Å². The molecule has 0 bridgehead atoms. The highest BCUT2D eigenvalue weighted by Crippen LogP contribution is 2.33. The summed E-state index contributed by atoms with van der Waals surface area (Å²) in [6, 6.07) is 15.2. The van der Waals surface area contributed by atoms with E-state index in [9.17, 15) is 4.79 Å². The number of hydrogen-bond donors (Lipinski definition) is 2. The van der Waals surface area contributed by atoms with Gasteiger partial charge in [0.1, 0.15) is 10.7 Å². The number of H-pyrrole nitrogens is 1. The summed E-state index contributed by atoms with van der Waals surface area (Å²) >= 11 is 7.59. The number of hydrogen-bond acceptors (Lipinski definition) is 4. The van der Waals surface area contributed by atoms with Gasteiger partial charge in [0.15, 0.2) is 0 Å². The molecule has 0 spiro atoms. The van der Waals surface area contributed by atoms with Crippen LogP contribution in [0.4, 0.5) is 0 Å². The molecule has 128 valence electrons. The van der Waals surface area contributed by atoms with Crippen molar-refractivity contribution < 1.29 is 4.79 Å².